The number of hydrogen-bond donors (Lipinski definition) is 0. The molecule has 2 saturated carbocycles. The van der Waals surface area contributed by atoms with E-state index in [0.717, 1.165) is 36.5 Å². The van der Waals surface area contributed by atoms with Crippen molar-refractivity contribution in [2.75, 3.05) is 0 Å². The highest BCUT2D eigenvalue weighted by molar-refractivity contribution is 4.89. The monoisotopic (exact) mass is 233 g/mol. The van der Waals surface area contributed by atoms with Crippen molar-refractivity contribution in [3.8, 4) is 6.07 Å². The molecule has 0 amide bonds. The molecule has 96 valence electrons. The molecule has 1 heteroatoms. The van der Waals surface area contributed by atoms with Gasteiger partial charge in [0, 0.05) is 5.92 Å². The average molecular weight is 233 g/mol. The Morgan fingerprint density at radius 3 is 1.82 bits per heavy atom. The van der Waals surface area contributed by atoms with Gasteiger partial charge in [-0.15, -0.1) is 0 Å². The summed E-state index contributed by atoms with van der Waals surface area (Å²) < 4.78 is 0. The first-order chi connectivity index (χ1) is 8.20. The fraction of sp³-hybridized carbons (Fsp3) is 0.938. The van der Waals surface area contributed by atoms with Gasteiger partial charge < -0.3 is 0 Å². The predicted octanol–water partition coefficient (Wildman–Crippen LogP) is 4.78. The number of hydrogen-bond acceptors (Lipinski definition) is 1. The van der Waals surface area contributed by atoms with Crippen molar-refractivity contribution in [2.24, 2.45) is 29.6 Å². The summed E-state index contributed by atoms with van der Waals surface area (Å²) in [4.78, 5) is 0. The normalized spacial score (nSPS) is 40.5. The summed E-state index contributed by atoms with van der Waals surface area (Å²) in [7, 11) is 0. The van der Waals surface area contributed by atoms with E-state index in [1.807, 2.05) is 0 Å². The van der Waals surface area contributed by atoms with E-state index >= 15 is 0 Å². The van der Waals surface area contributed by atoms with Crippen LogP contribution in [0.3, 0.4) is 0 Å². The van der Waals surface area contributed by atoms with Gasteiger partial charge in [0.2, 0.25) is 0 Å². The summed E-state index contributed by atoms with van der Waals surface area (Å²) in [5.41, 5.74) is 0. The Kier molecular flexibility index (Phi) is 4.48. The molecule has 0 N–H and O–H groups in total. The van der Waals surface area contributed by atoms with Crippen molar-refractivity contribution in [1.29, 1.82) is 5.26 Å². The molecule has 0 aliphatic heterocycles. The van der Waals surface area contributed by atoms with Gasteiger partial charge in [0.1, 0.15) is 0 Å². The van der Waals surface area contributed by atoms with Crippen molar-refractivity contribution in [3.63, 3.8) is 0 Å². The molecule has 0 heterocycles. The molecule has 1 nitrogen and oxygen atoms in total. The third-order valence-electron chi connectivity index (χ3n) is 5.50. The summed E-state index contributed by atoms with van der Waals surface area (Å²) in [6.45, 7) is 4.89. The fourth-order valence-electron chi connectivity index (χ4n) is 3.97. The third kappa shape index (κ3) is 3.24. The van der Waals surface area contributed by atoms with E-state index in [-0.39, 0.29) is 0 Å². The zero-order valence-electron chi connectivity index (χ0n) is 11.5. The van der Waals surface area contributed by atoms with Crippen LogP contribution in [-0.2, 0) is 0 Å². The molecule has 0 spiro atoms. The van der Waals surface area contributed by atoms with Crippen LogP contribution in [0.15, 0.2) is 0 Å². The Hall–Kier alpha value is -0.510. The third-order valence-corrected chi connectivity index (χ3v) is 5.50. The van der Waals surface area contributed by atoms with Crippen LogP contribution in [0.25, 0.3) is 0 Å². The highest BCUT2D eigenvalue weighted by Gasteiger charge is 2.31. The molecule has 2 fully saturated rings. The van der Waals surface area contributed by atoms with E-state index in [1.165, 1.54) is 38.5 Å². The van der Waals surface area contributed by atoms with Crippen molar-refractivity contribution in [3.05, 3.63) is 0 Å². The molecule has 0 aromatic carbocycles. The number of rotatable bonds is 2. The van der Waals surface area contributed by atoms with Gasteiger partial charge >= 0.3 is 0 Å². The summed E-state index contributed by atoms with van der Waals surface area (Å²) >= 11 is 0. The van der Waals surface area contributed by atoms with E-state index in [0.29, 0.717) is 5.92 Å². The van der Waals surface area contributed by atoms with Gasteiger partial charge in [-0.25, -0.2) is 0 Å². The molecule has 2 aliphatic rings. The molecule has 0 aromatic rings. The second-order valence-corrected chi connectivity index (χ2v) is 6.62. The van der Waals surface area contributed by atoms with Gasteiger partial charge in [-0.2, -0.15) is 5.26 Å². The van der Waals surface area contributed by atoms with E-state index in [1.54, 1.807) is 0 Å². The van der Waals surface area contributed by atoms with Crippen molar-refractivity contribution >= 4 is 0 Å². The standard InChI is InChI=1S/C16H27N/c1-12-3-7-15(8-4-12)13(2)16-9-5-14(11-17)6-10-16/h12-16H,3-10H2,1-2H3. The number of nitrogens with zero attached hydrogens (tertiary/aromatic N) is 1. The Labute approximate surface area is 107 Å². The lowest BCUT2D eigenvalue weighted by Crippen LogP contribution is -2.27. The highest BCUT2D eigenvalue weighted by Crippen LogP contribution is 2.41. The minimum absolute atomic E-state index is 0.366. The Morgan fingerprint density at radius 2 is 1.35 bits per heavy atom. The maximum Gasteiger partial charge on any atom is 0.0655 e. The highest BCUT2D eigenvalue weighted by atomic mass is 14.4. The van der Waals surface area contributed by atoms with E-state index in [2.05, 4.69) is 19.9 Å². The van der Waals surface area contributed by atoms with Crippen LogP contribution in [0.4, 0.5) is 0 Å². The molecule has 0 aromatic heterocycles. The Bertz CT molecular complexity index is 262. The van der Waals surface area contributed by atoms with Gasteiger partial charge in [-0.3, -0.25) is 0 Å². The van der Waals surface area contributed by atoms with Crippen LogP contribution in [0.2, 0.25) is 0 Å². The fourth-order valence-corrected chi connectivity index (χ4v) is 3.97. The van der Waals surface area contributed by atoms with Gasteiger partial charge in [0.05, 0.1) is 6.07 Å². The largest absolute Gasteiger partial charge is 0.198 e. The van der Waals surface area contributed by atoms with Crippen molar-refractivity contribution in [1.82, 2.24) is 0 Å². The van der Waals surface area contributed by atoms with E-state index in [9.17, 15) is 0 Å². The average Bonchev–Trinajstić information content (AvgIpc) is 2.39. The lowest BCUT2D eigenvalue weighted by atomic mass is 9.68. The lowest BCUT2D eigenvalue weighted by Gasteiger charge is -2.37. The van der Waals surface area contributed by atoms with Crippen LogP contribution < -0.4 is 0 Å². The van der Waals surface area contributed by atoms with Crippen molar-refractivity contribution in [2.45, 2.75) is 65.2 Å². The van der Waals surface area contributed by atoms with Gasteiger partial charge in [0.15, 0.2) is 0 Å². The molecule has 17 heavy (non-hydrogen) atoms. The molecule has 2 rings (SSSR count). The molecule has 1 atom stereocenters. The molecule has 0 bridgehead atoms. The van der Waals surface area contributed by atoms with Gasteiger partial charge in [-0.05, 0) is 62.2 Å². The van der Waals surface area contributed by atoms with E-state index in [4.69, 9.17) is 5.26 Å². The summed E-state index contributed by atoms with van der Waals surface area (Å²) in [5.74, 6) is 4.13. The SMILES string of the molecule is CC1CCC(C(C)C2CCC(C#N)CC2)CC1. The van der Waals surface area contributed by atoms with Crippen LogP contribution in [0.1, 0.15) is 65.2 Å². The Balaban J connectivity index is 1.80. The number of nitriles is 1. The first-order valence-electron chi connectivity index (χ1n) is 7.60. The van der Waals surface area contributed by atoms with Crippen LogP contribution >= 0.6 is 0 Å². The minimum atomic E-state index is 0.366. The summed E-state index contributed by atoms with van der Waals surface area (Å²) in [6.07, 6.45) is 10.8. The van der Waals surface area contributed by atoms with Crippen LogP contribution in [0.5, 0.6) is 0 Å². The van der Waals surface area contributed by atoms with Crippen molar-refractivity contribution < 1.29 is 0 Å². The zero-order valence-corrected chi connectivity index (χ0v) is 11.5. The smallest absolute Gasteiger partial charge is 0.0655 e. The molecular formula is C16H27N. The topological polar surface area (TPSA) is 23.8 Å². The first kappa shape index (κ1) is 12.9. The quantitative estimate of drug-likeness (QED) is 0.673. The lowest BCUT2D eigenvalue weighted by molar-refractivity contribution is 0.135. The van der Waals surface area contributed by atoms with Crippen LogP contribution in [-0.4, -0.2) is 0 Å². The maximum atomic E-state index is 8.94. The minimum Gasteiger partial charge on any atom is -0.198 e. The molecule has 0 saturated heterocycles. The second-order valence-electron chi connectivity index (χ2n) is 6.62. The Morgan fingerprint density at radius 1 is 0.882 bits per heavy atom. The zero-order chi connectivity index (χ0) is 12.3. The molecule has 2 aliphatic carbocycles. The first-order valence-corrected chi connectivity index (χ1v) is 7.60. The summed E-state index contributed by atoms with van der Waals surface area (Å²) in [6, 6.07) is 2.45. The summed E-state index contributed by atoms with van der Waals surface area (Å²) in [5, 5.41) is 8.94. The van der Waals surface area contributed by atoms with Crippen LogP contribution in [0, 0.1) is 40.9 Å². The molecular weight excluding hydrogens is 206 g/mol. The second kappa shape index (κ2) is 5.89. The van der Waals surface area contributed by atoms with Gasteiger partial charge in [-0.1, -0.05) is 26.7 Å². The molecule has 1 unspecified atom stereocenters. The molecule has 0 radical (unpaired) electrons. The van der Waals surface area contributed by atoms with E-state index < -0.39 is 0 Å². The predicted molar refractivity (Wildman–Crippen MR) is 71.3 cm³/mol. The maximum absolute atomic E-state index is 8.94. The van der Waals surface area contributed by atoms with Gasteiger partial charge in [0.25, 0.3) is 0 Å².